The average Bonchev–Trinajstić information content (AvgIpc) is 3.05. The summed E-state index contributed by atoms with van der Waals surface area (Å²) in [6.07, 6.45) is 3.93. The number of nitrogens with one attached hydrogen (secondary N) is 1. The number of carbonyl (C=O) groups excluding carboxylic acids is 1. The molecule has 7 heteroatoms. The molecule has 1 aliphatic rings. The molecule has 1 N–H and O–H groups in total. The molecule has 0 radical (unpaired) electrons. The Morgan fingerprint density at radius 3 is 2.96 bits per heavy atom. The molecule has 1 amide bonds. The molecule has 0 saturated carbocycles. The number of para-hydroxylation sites is 1. The second kappa shape index (κ2) is 8.40. The van der Waals surface area contributed by atoms with E-state index in [1.807, 2.05) is 43.4 Å². The maximum atomic E-state index is 12.3. The van der Waals surface area contributed by atoms with Crippen LogP contribution in [0.2, 0.25) is 0 Å². The Labute approximate surface area is 156 Å². The van der Waals surface area contributed by atoms with Crippen LogP contribution in [-0.4, -0.2) is 53.7 Å². The Balaban J connectivity index is 1.54. The van der Waals surface area contributed by atoms with Crippen molar-refractivity contribution in [3.05, 3.63) is 47.1 Å². The summed E-state index contributed by atoms with van der Waals surface area (Å²) < 4.78 is 0.885. The molecule has 3 rings (SSSR count). The van der Waals surface area contributed by atoms with Crippen LogP contribution in [0.3, 0.4) is 0 Å². The van der Waals surface area contributed by atoms with Crippen LogP contribution < -0.4 is 10.2 Å². The summed E-state index contributed by atoms with van der Waals surface area (Å²) in [7, 11) is 1.98. The molecule has 0 spiro atoms. The van der Waals surface area contributed by atoms with Gasteiger partial charge in [-0.15, -0.1) is 5.10 Å². The van der Waals surface area contributed by atoms with E-state index in [4.69, 9.17) is 0 Å². The molecule has 1 unspecified atom stereocenters. The second-order valence-corrected chi connectivity index (χ2v) is 7.15. The zero-order valence-electron chi connectivity index (χ0n) is 14.2. The minimum Gasteiger partial charge on any atom is -0.351 e. The van der Waals surface area contributed by atoms with Gasteiger partial charge in [0.1, 0.15) is 0 Å². The van der Waals surface area contributed by atoms with Gasteiger partial charge in [-0.2, -0.15) is 5.10 Å². The minimum absolute atomic E-state index is 0.0153. The fourth-order valence-corrected chi connectivity index (χ4v) is 3.58. The van der Waals surface area contributed by atoms with Crippen molar-refractivity contribution in [1.82, 2.24) is 15.1 Å². The van der Waals surface area contributed by atoms with Crippen molar-refractivity contribution in [2.75, 3.05) is 36.9 Å². The van der Waals surface area contributed by atoms with Crippen LogP contribution in [0, 0.1) is 0 Å². The number of nitrogens with zero attached hydrogens (tertiary/aromatic N) is 4. The van der Waals surface area contributed by atoms with Crippen LogP contribution in [0.4, 0.5) is 11.5 Å². The van der Waals surface area contributed by atoms with E-state index in [0.29, 0.717) is 12.6 Å². The molecule has 2 aromatic rings. The lowest BCUT2D eigenvalue weighted by Crippen LogP contribution is -2.42. The normalized spacial score (nSPS) is 17.1. The number of aromatic nitrogens is 2. The van der Waals surface area contributed by atoms with Crippen LogP contribution in [0.1, 0.15) is 12.8 Å². The number of benzene rings is 1. The number of carbonyl (C=O) groups is 1. The van der Waals surface area contributed by atoms with Gasteiger partial charge in [0.15, 0.2) is 5.82 Å². The van der Waals surface area contributed by atoms with Gasteiger partial charge in [-0.25, -0.2) is 0 Å². The second-order valence-electron chi connectivity index (χ2n) is 6.30. The lowest BCUT2D eigenvalue weighted by atomic mass is 10.2. The molecular formula is C18H22BrN5O. The molecule has 1 aliphatic heterocycles. The molecule has 25 heavy (non-hydrogen) atoms. The zero-order valence-corrected chi connectivity index (χ0v) is 15.8. The van der Waals surface area contributed by atoms with Crippen molar-refractivity contribution in [3.8, 4) is 0 Å². The van der Waals surface area contributed by atoms with E-state index in [0.717, 1.165) is 41.9 Å². The Bertz CT molecular complexity index is 712. The van der Waals surface area contributed by atoms with E-state index in [2.05, 4.69) is 41.2 Å². The van der Waals surface area contributed by atoms with Crippen molar-refractivity contribution in [1.29, 1.82) is 0 Å². The summed E-state index contributed by atoms with van der Waals surface area (Å²) in [5.41, 5.74) is 0.794. The maximum Gasteiger partial charge on any atom is 0.238 e. The smallest absolute Gasteiger partial charge is 0.238 e. The van der Waals surface area contributed by atoms with Crippen molar-refractivity contribution in [2.45, 2.75) is 18.9 Å². The van der Waals surface area contributed by atoms with Crippen LogP contribution in [0.25, 0.3) is 0 Å². The van der Waals surface area contributed by atoms with Gasteiger partial charge in [-0.05, 0) is 60.1 Å². The highest BCUT2D eigenvalue weighted by atomic mass is 79.9. The Hall–Kier alpha value is -1.99. The molecule has 1 atom stereocenters. The highest BCUT2D eigenvalue weighted by Gasteiger charge is 2.27. The van der Waals surface area contributed by atoms with E-state index in [1.54, 1.807) is 6.20 Å². The van der Waals surface area contributed by atoms with Gasteiger partial charge in [0, 0.05) is 29.8 Å². The summed E-state index contributed by atoms with van der Waals surface area (Å²) in [5.74, 6) is 0.898. The fourth-order valence-electron chi connectivity index (χ4n) is 3.20. The van der Waals surface area contributed by atoms with E-state index in [-0.39, 0.29) is 5.91 Å². The van der Waals surface area contributed by atoms with Gasteiger partial charge in [0.2, 0.25) is 5.91 Å². The van der Waals surface area contributed by atoms with Crippen LogP contribution in [0.15, 0.2) is 47.1 Å². The largest absolute Gasteiger partial charge is 0.351 e. The highest BCUT2D eigenvalue weighted by molar-refractivity contribution is 9.10. The topological polar surface area (TPSA) is 61.4 Å². The van der Waals surface area contributed by atoms with Gasteiger partial charge < -0.3 is 10.2 Å². The lowest BCUT2D eigenvalue weighted by Gasteiger charge is -2.29. The van der Waals surface area contributed by atoms with Gasteiger partial charge in [-0.3, -0.25) is 9.69 Å². The highest BCUT2D eigenvalue weighted by Crippen LogP contribution is 2.24. The monoisotopic (exact) mass is 403 g/mol. The molecular weight excluding hydrogens is 382 g/mol. The van der Waals surface area contributed by atoms with Gasteiger partial charge in [0.25, 0.3) is 0 Å². The third kappa shape index (κ3) is 4.76. The summed E-state index contributed by atoms with van der Waals surface area (Å²) >= 11 is 3.45. The molecule has 0 bridgehead atoms. The van der Waals surface area contributed by atoms with E-state index < -0.39 is 0 Å². The van der Waals surface area contributed by atoms with Crippen molar-refractivity contribution in [2.24, 2.45) is 0 Å². The Kier molecular flexibility index (Phi) is 5.99. The fraction of sp³-hybridized carbons (Fsp3) is 0.389. The lowest BCUT2D eigenvalue weighted by molar-refractivity contribution is -0.117. The average molecular weight is 404 g/mol. The number of rotatable bonds is 6. The van der Waals surface area contributed by atoms with E-state index in [1.165, 1.54) is 0 Å². The van der Waals surface area contributed by atoms with Crippen LogP contribution in [0.5, 0.6) is 0 Å². The molecule has 1 saturated heterocycles. The van der Waals surface area contributed by atoms with E-state index >= 15 is 0 Å². The summed E-state index contributed by atoms with van der Waals surface area (Å²) in [6, 6.07) is 11.9. The van der Waals surface area contributed by atoms with Crippen molar-refractivity contribution < 1.29 is 4.79 Å². The quantitative estimate of drug-likeness (QED) is 0.803. The molecule has 1 fully saturated rings. The van der Waals surface area contributed by atoms with Gasteiger partial charge in [-0.1, -0.05) is 12.1 Å². The van der Waals surface area contributed by atoms with Crippen molar-refractivity contribution in [3.63, 3.8) is 0 Å². The number of hydrogen-bond donors (Lipinski definition) is 1. The molecule has 0 aliphatic carbocycles. The first kappa shape index (κ1) is 17.8. The Morgan fingerprint density at radius 1 is 1.36 bits per heavy atom. The van der Waals surface area contributed by atoms with Gasteiger partial charge in [0.05, 0.1) is 12.2 Å². The zero-order chi connectivity index (χ0) is 17.6. The van der Waals surface area contributed by atoms with E-state index in [9.17, 15) is 4.79 Å². The van der Waals surface area contributed by atoms with Crippen LogP contribution >= 0.6 is 15.9 Å². The van der Waals surface area contributed by atoms with Gasteiger partial charge >= 0.3 is 0 Å². The summed E-state index contributed by atoms with van der Waals surface area (Å²) in [5, 5.41) is 11.1. The molecule has 1 aromatic carbocycles. The summed E-state index contributed by atoms with van der Waals surface area (Å²) in [6.45, 7) is 2.16. The molecule has 6 nitrogen and oxygen atoms in total. The maximum absolute atomic E-state index is 12.3. The van der Waals surface area contributed by atoms with Crippen molar-refractivity contribution >= 4 is 33.3 Å². The Morgan fingerprint density at radius 2 is 2.20 bits per heavy atom. The summed E-state index contributed by atoms with van der Waals surface area (Å²) in [4.78, 5) is 16.6. The van der Waals surface area contributed by atoms with Crippen LogP contribution in [-0.2, 0) is 4.79 Å². The minimum atomic E-state index is -0.0153. The molecule has 1 aromatic heterocycles. The first-order valence-corrected chi connectivity index (χ1v) is 9.20. The number of amides is 1. The predicted molar refractivity (Wildman–Crippen MR) is 103 cm³/mol. The molecule has 132 valence electrons. The number of anilines is 2. The number of hydrogen-bond acceptors (Lipinski definition) is 5. The standard InChI is InChI=1S/C18H22BrN5O/c1-23(13-18(25)21-16-8-3-2-7-15(16)19)12-14-6-5-11-24(14)17-9-4-10-20-22-17/h2-4,7-10,14H,5-6,11-13H2,1H3,(H,21,25). The third-order valence-corrected chi connectivity index (χ3v) is 5.01. The molecule has 2 heterocycles. The number of halogens is 1. The predicted octanol–water partition coefficient (Wildman–Crippen LogP) is 2.78. The first-order valence-electron chi connectivity index (χ1n) is 8.41. The SMILES string of the molecule is CN(CC(=O)Nc1ccccc1Br)CC1CCCN1c1cccnn1. The third-order valence-electron chi connectivity index (χ3n) is 4.31. The number of likely N-dealkylation sites (N-methyl/N-ethyl adjacent to an activating group) is 1. The first-order chi connectivity index (χ1) is 12.1.